The normalized spacial score (nSPS) is 15.9. The van der Waals surface area contributed by atoms with E-state index in [1.165, 1.54) is 31.4 Å². The number of H-pyrrole nitrogens is 1. The fourth-order valence-corrected chi connectivity index (χ4v) is 2.11. The van der Waals surface area contributed by atoms with Crippen LogP contribution in [0.4, 0.5) is 8.78 Å². The third-order valence-corrected chi connectivity index (χ3v) is 3.30. The van der Waals surface area contributed by atoms with Crippen LogP contribution in [-0.4, -0.2) is 10.2 Å². The van der Waals surface area contributed by atoms with E-state index in [0.29, 0.717) is 17.2 Å². The highest BCUT2D eigenvalue weighted by Crippen LogP contribution is 2.36. The SMILES string of the molecule is Fc1cc(F)cc(-c2cc(C3CCC3)[nH]n2)c1. The topological polar surface area (TPSA) is 28.7 Å². The van der Waals surface area contributed by atoms with Crippen molar-refractivity contribution in [3.05, 3.63) is 41.6 Å². The molecule has 0 bridgehead atoms. The number of hydrogen-bond donors (Lipinski definition) is 1. The molecule has 0 aliphatic heterocycles. The Morgan fingerprint density at radius 1 is 1.06 bits per heavy atom. The number of nitrogens with one attached hydrogen (secondary N) is 1. The third kappa shape index (κ3) is 1.95. The van der Waals surface area contributed by atoms with E-state index in [1.807, 2.05) is 6.07 Å². The van der Waals surface area contributed by atoms with E-state index in [1.54, 1.807) is 0 Å². The van der Waals surface area contributed by atoms with Crippen molar-refractivity contribution in [3.63, 3.8) is 0 Å². The highest BCUT2D eigenvalue weighted by atomic mass is 19.1. The molecule has 1 aromatic heterocycles. The highest BCUT2D eigenvalue weighted by Gasteiger charge is 2.21. The van der Waals surface area contributed by atoms with E-state index in [-0.39, 0.29) is 0 Å². The summed E-state index contributed by atoms with van der Waals surface area (Å²) < 4.78 is 26.2. The van der Waals surface area contributed by atoms with Crippen LogP contribution >= 0.6 is 0 Å². The first kappa shape index (κ1) is 10.4. The number of hydrogen-bond acceptors (Lipinski definition) is 1. The molecule has 1 fully saturated rings. The largest absolute Gasteiger partial charge is 0.282 e. The lowest BCUT2D eigenvalue weighted by atomic mass is 9.83. The number of aromatic nitrogens is 2. The van der Waals surface area contributed by atoms with Gasteiger partial charge >= 0.3 is 0 Å². The fourth-order valence-electron chi connectivity index (χ4n) is 2.11. The number of rotatable bonds is 2. The van der Waals surface area contributed by atoms with E-state index in [9.17, 15) is 8.78 Å². The molecule has 1 heterocycles. The first-order valence-corrected chi connectivity index (χ1v) is 5.74. The number of halogens is 2. The van der Waals surface area contributed by atoms with Crippen molar-refractivity contribution >= 4 is 0 Å². The van der Waals surface area contributed by atoms with Crippen LogP contribution in [0, 0.1) is 11.6 Å². The van der Waals surface area contributed by atoms with Crippen molar-refractivity contribution in [2.75, 3.05) is 0 Å². The molecule has 0 unspecified atom stereocenters. The molecule has 0 saturated heterocycles. The van der Waals surface area contributed by atoms with Crippen LogP contribution in [0.1, 0.15) is 30.9 Å². The van der Waals surface area contributed by atoms with Gasteiger partial charge in [0, 0.05) is 23.2 Å². The second-order valence-corrected chi connectivity index (χ2v) is 4.49. The van der Waals surface area contributed by atoms with Gasteiger partial charge in [0.05, 0.1) is 5.69 Å². The van der Waals surface area contributed by atoms with E-state index < -0.39 is 11.6 Å². The van der Waals surface area contributed by atoms with E-state index in [4.69, 9.17) is 0 Å². The molecule has 3 rings (SSSR count). The minimum absolute atomic E-state index is 0.476. The Balaban J connectivity index is 1.94. The number of nitrogens with zero attached hydrogens (tertiary/aromatic N) is 1. The first-order valence-electron chi connectivity index (χ1n) is 5.74. The standard InChI is InChI=1S/C13H12F2N2/c14-10-4-9(5-11(15)6-10)13-7-12(16-17-13)8-2-1-3-8/h4-8H,1-3H2,(H,16,17). The quantitative estimate of drug-likeness (QED) is 0.844. The second-order valence-electron chi connectivity index (χ2n) is 4.49. The van der Waals surface area contributed by atoms with Gasteiger partial charge in [-0.3, -0.25) is 5.10 Å². The Labute approximate surface area is 97.7 Å². The molecule has 2 nitrogen and oxygen atoms in total. The lowest BCUT2D eigenvalue weighted by molar-refractivity contribution is 0.410. The van der Waals surface area contributed by atoms with Gasteiger partial charge < -0.3 is 0 Å². The van der Waals surface area contributed by atoms with Gasteiger partial charge in [-0.15, -0.1) is 0 Å². The summed E-state index contributed by atoms with van der Waals surface area (Å²) in [6.07, 6.45) is 3.58. The molecule has 0 radical (unpaired) electrons. The summed E-state index contributed by atoms with van der Waals surface area (Å²) in [6.45, 7) is 0. The summed E-state index contributed by atoms with van der Waals surface area (Å²) >= 11 is 0. The van der Waals surface area contributed by atoms with Crippen LogP contribution in [-0.2, 0) is 0 Å². The summed E-state index contributed by atoms with van der Waals surface area (Å²) in [5.74, 6) is -0.615. The zero-order chi connectivity index (χ0) is 11.8. The summed E-state index contributed by atoms with van der Waals surface area (Å²) in [5, 5.41) is 7.06. The molecule has 1 saturated carbocycles. The van der Waals surface area contributed by atoms with Crippen LogP contribution in [0.15, 0.2) is 24.3 Å². The Kier molecular flexibility index (Phi) is 2.42. The molecule has 0 amide bonds. The zero-order valence-corrected chi connectivity index (χ0v) is 9.21. The first-order chi connectivity index (χ1) is 8.22. The van der Waals surface area contributed by atoms with Gasteiger partial charge in [0.1, 0.15) is 11.6 Å². The van der Waals surface area contributed by atoms with Crippen molar-refractivity contribution in [2.24, 2.45) is 0 Å². The maximum Gasteiger partial charge on any atom is 0.126 e. The van der Waals surface area contributed by atoms with Crippen molar-refractivity contribution < 1.29 is 8.78 Å². The lowest BCUT2D eigenvalue weighted by Crippen LogP contribution is -2.08. The molecule has 1 aliphatic rings. The zero-order valence-electron chi connectivity index (χ0n) is 9.21. The summed E-state index contributed by atoms with van der Waals surface area (Å²) in [7, 11) is 0. The van der Waals surface area contributed by atoms with Gasteiger partial charge in [-0.05, 0) is 31.0 Å². The van der Waals surface area contributed by atoms with Crippen molar-refractivity contribution in [1.82, 2.24) is 10.2 Å². The van der Waals surface area contributed by atoms with Gasteiger partial charge in [0.15, 0.2) is 0 Å². The maximum atomic E-state index is 13.1. The summed E-state index contributed by atoms with van der Waals surface area (Å²) in [5.41, 5.74) is 2.14. The number of benzene rings is 1. The van der Waals surface area contributed by atoms with Crippen LogP contribution in [0.5, 0.6) is 0 Å². The molecular weight excluding hydrogens is 222 g/mol. The van der Waals surface area contributed by atoms with Gasteiger partial charge in [-0.1, -0.05) is 6.42 Å². The molecule has 1 aromatic carbocycles. The molecular formula is C13H12F2N2. The Hall–Kier alpha value is -1.71. The van der Waals surface area contributed by atoms with Crippen molar-refractivity contribution in [2.45, 2.75) is 25.2 Å². The molecule has 0 spiro atoms. The van der Waals surface area contributed by atoms with Crippen LogP contribution in [0.3, 0.4) is 0 Å². The highest BCUT2D eigenvalue weighted by molar-refractivity contribution is 5.59. The van der Waals surface area contributed by atoms with Crippen molar-refractivity contribution in [1.29, 1.82) is 0 Å². The van der Waals surface area contributed by atoms with Crippen LogP contribution in [0.2, 0.25) is 0 Å². The average molecular weight is 234 g/mol. The molecule has 4 heteroatoms. The van der Waals surface area contributed by atoms with Crippen LogP contribution in [0.25, 0.3) is 11.3 Å². The monoisotopic (exact) mass is 234 g/mol. The Morgan fingerprint density at radius 3 is 2.35 bits per heavy atom. The smallest absolute Gasteiger partial charge is 0.126 e. The fraction of sp³-hybridized carbons (Fsp3) is 0.308. The van der Waals surface area contributed by atoms with Gasteiger partial charge in [0.2, 0.25) is 0 Å². The Bertz CT molecular complexity index is 524. The lowest BCUT2D eigenvalue weighted by Gasteiger charge is -2.23. The third-order valence-electron chi connectivity index (χ3n) is 3.30. The van der Waals surface area contributed by atoms with E-state index in [0.717, 1.165) is 11.8 Å². The van der Waals surface area contributed by atoms with Crippen LogP contribution < -0.4 is 0 Å². The Morgan fingerprint density at radius 2 is 1.76 bits per heavy atom. The van der Waals surface area contributed by atoms with Gasteiger partial charge in [-0.25, -0.2) is 8.78 Å². The average Bonchev–Trinajstić information content (AvgIpc) is 2.62. The molecule has 1 aliphatic carbocycles. The second kappa shape index (κ2) is 3.95. The number of aromatic amines is 1. The molecule has 2 aromatic rings. The summed E-state index contributed by atoms with van der Waals surface area (Å²) in [6, 6.07) is 5.34. The van der Waals surface area contributed by atoms with E-state index in [2.05, 4.69) is 10.2 Å². The molecule has 88 valence electrons. The minimum Gasteiger partial charge on any atom is -0.282 e. The van der Waals surface area contributed by atoms with Gasteiger partial charge in [-0.2, -0.15) is 5.10 Å². The maximum absolute atomic E-state index is 13.1. The van der Waals surface area contributed by atoms with Crippen molar-refractivity contribution in [3.8, 4) is 11.3 Å². The predicted octanol–water partition coefficient (Wildman–Crippen LogP) is 3.62. The minimum atomic E-state index is -0.576. The van der Waals surface area contributed by atoms with E-state index >= 15 is 0 Å². The predicted molar refractivity (Wildman–Crippen MR) is 60.5 cm³/mol. The molecule has 1 N–H and O–H groups in total. The molecule has 0 atom stereocenters. The van der Waals surface area contributed by atoms with Gasteiger partial charge in [0.25, 0.3) is 0 Å². The molecule has 17 heavy (non-hydrogen) atoms. The summed E-state index contributed by atoms with van der Waals surface area (Å²) in [4.78, 5) is 0.